The minimum Gasteiger partial charge on any atom is -0.337 e. The van der Waals surface area contributed by atoms with Gasteiger partial charge in [0, 0.05) is 25.2 Å². The van der Waals surface area contributed by atoms with Crippen LogP contribution in [0.3, 0.4) is 0 Å². The molecule has 0 aromatic heterocycles. The van der Waals surface area contributed by atoms with Crippen LogP contribution in [0.1, 0.15) is 20.3 Å². The third-order valence-electron chi connectivity index (χ3n) is 2.71. The zero-order valence-corrected chi connectivity index (χ0v) is 9.99. The van der Waals surface area contributed by atoms with E-state index in [0.29, 0.717) is 13.1 Å². The van der Waals surface area contributed by atoms with Gasteiger partial charge in [-0.05, 0) is 13.8 Å². The maximum atomic E-state index is 12.0. The average Bonchev–Trinajstić information content (AvgIpc) is 2.06. The largest absolute Gasteiger partial charge is 0.397 e. The van der Waals surface area contributed by atoms with Gasteiger partial charge in [-0.25, -0.2) is 0 Å². The van der Waals surface area contributed by atoms with Crippen molar-refractivity contribution in [2.45, 2.75) is 38.5 Å². The van der Waals surface area contributed by atoms with Gasteiger partial charge in [0.25, 0.3) is 0 Å². The van der Waals surface area contributed by atoms with Gasteiger partial charge in [-0.1, -0.05) is 0 Å². The van der Waals surface area contributed by atoms with Gasteiger partial charge in [-0.2, -0.15) is 13.2 Å². The van der Waals surface area contributed by atoms with Crippen LogP contribution in [-0.4, -0.2) is 42.2 Å². The summed E-state index contributed by atoms with van der Waals surface area (Å²) >= 11 is 0. The molecule has 0 saturated carbocycles. The molecular weight excluding hydrogens is 245 g/mol. The van der Waals surface area contributed by atoms with E-state index >= 15 is 0 Å². The number of halogens is 4. The summed E-state index contributed by atoms with van der Waals surface area (Å²) in [6, 6.07) is -0.149. The van der Waals surface area contributed by atoms with Crippen LogP contribution >= 0.6 is 12.4 Å². The molecule has 1 amide bonds. The second-order valence-corrected chi connectivity index (χ2v) is 3.86. The van der Waals surface area contributed by atoms with Gasteiger partial charge in [-0.3, -0.25) is 4.79 Å². The molecule has 1 aliphatic heterocycles. The van der Waals surface area contributed by atoms with Gasteiger partial charge in [0.05, 0.1) is 0 Å². The highest BCUT2D eigenvalue weighted by Gasteiger charge is 2.36. The van der Waals surface area contributed by atoms with Crippen molar-refractivity contribution in [3.63, 3.8) is 0 Å². The number of alkyl halides is 3. The Morgan fingerprint density at radius 2 is 2.00 bits per heavy atom. The molecule has 2 unspecified atom stereocenters. The first-order valence-electron chi connectivity index (χ1n) is 4.91. The molecule has 7 heteroatoms. The van der Waals surface area contributed by atoms with E-state index in [-0.39, 0.29) is 24.5 Å². The van der Waals surface area contributed by atoms with Crippen molar-refractivity contribution in [3.05, 3.63) is 0 Å². The lowest BCUT2D eigenvalue weighted by atomic mass is 10.1. The lowest BCUT2D eigenvalue weighted by Crippen LogP contribution is -2.57. The first-order valence-corrected chi connectivity index (χ1v) is 4.91. The van der Waals surface area contributed by atoms with E-state index < -0.39 is 18.5 Å². The number of carbonyl (C=O) groups is 1. The third kappa shape index (κ3) is 4.17. The van der Waals surface area contributed by atoms with Crippen LogP contribution in [0.25, 0.3) is 0 Å². The van der Waals surface area contributed by atoms with Crippen molar-refractivity contribution in [2.75, 3.05) is 13.1 Å². The highest BCUT2D eigenvalue weighted by atomic mass is 35.5. The predicted octanol–water partition coefficient (Wildman–Crippen LogP) is 1.57. The van der Waals surface area contributed by atoms with Crippen molar-refractivity contribution in [2.24, 2.45) is 0 Å². The van der Waals surface area contributed by atoms with Crippen molar-refractivity contribution < 1.29 is 18.0 Å². The van der Waals surface area contributed by atoms with Crippen LogP contribution in [0, 0.1) is 0 Å². The molecule has 0 radical (unpaired) electrons. The van der Waals surface area contributed by atoms with E-state index in [2.05, 4.69) is 5.32 Å². The Bertz CT molecular complexity index is 247. The number of amides is 1. The van der Waals surface area contributed by atoms with Crippen molar-refractivity contribution >= 4 is 18.3 Å². The van der Waals surface area contributed by atoms with Crippen molar-refractivity contribution in [3.8, 4) is 0 Å². The van der Waals surface area contributed by atoms with Gasteiger partial charge in [0.2, 0.25) is 5.91 Å². The lowest BCUT2D eigenvalue weighted by molar-refractivity contribution is -0.164. The number of nitrogens with one attached hydrogen (secondary N) is 1. The molecule has 16 heavy (non-hydrogen) atoms. The van der Waals surface area contributed by atoms with E-state index in [4.69, 9.17) is 0 Å². The summed E-state index contributed by atoms with van der Waals surface area (Å²) in [6.45, 7) is 4.51. The molecule has 1 aliphatic rings. The Morgan fingerprint density at radius 1 is 1.44 bits per heavy atom. The average molecular weight is 261 g/mol. The van der Waals surface area contributed by atoms with E-state index in [0.717, 1.165) is 0 Å². The van der Waals surface area contributed by atoms with E-state index in [1.54, 1.807) is 6.92 Å². The minimum absolute atomic E-state index is 0. The Hall–Kier alpha value is -0.490. The summed E-state index contributed by atoms with van der Waals surface area (Å²) in [5.74, 6) is -0.830. The number of hydrogen-bond donors (Lipinski definition) is 1. The molecule has 0 aromatic carbocycles. The van der Waals surface area contributed by atoms with Crippen molar-refractivity contribution in [1.82, 2.24) is 10.2 Å². The fraction of sp³-hybridized carbons (Fsp3) is 0.889. The third-order valence-corrected chi connectivity index (χ3v) is 2.71. The van der Waals surface area contributed by atoms with Crippen LogP contribution < -0.4 is 5.32 Å². The van der Waals surface area contributed by atoms with E-state index in [9.17, 15) is 18.0 Å². The first-order chi connectivity index (χ1) is 6.81. The molecule has 1 N–H and O–H groups in total. The molecule has 0 spiro atoms. The molecule has 0 aromatic rings. The summed E-state index contributed by atoms with van der Waals surface area (Å²) in [7, 11) is 0. The Labute approximate surface area is 98.8 Å². The zero-order valence-electron chi connectivity index (χ0n) is 9.17. The van der Waals surface area contributed by atoms with Gasteiger partial charge < -0.3 is 10.2 Å². The molecule has 0 aliphatic carbocycles. The lowest BCUT2D eigenvalue weighted by Gasteiger charge is -2.38. The first kappa shape index (κ1) is 15.5. The minimum atomic E-state index is -4.41. The van der Waals surface area contributed by atoms with Crippen LogP contribution in [0.4, 0.5) is 13.2 Å². The van der Waals surface area contributed by atoms with Crippen LogP contribution in [0.2, 0.25) is 0 Å². The number of hydrogen-bond acceptors (Lipinski definition) is 2. The standard InChI is InChI=1S/C9H15F3N2O.ClH/c1-6-7(2)14(4-3-13-6)8(15)5-9(10,11)12;/h6-7,13H,3-5H2,1-2H3;1H. The zero-order chi connectivity index (χ0) is 11.6. The molecule has 1 rings (SSSR count). The van der Waals surface area contributed by atoms with Gasteiger partial charge in [0.1, 0.15) is 6.42 Å². The summed E-state index contributed by atoms with van der Waals surface area (Å²) in [5, 5.41) is 3.10. The van der Waals surface area contributed by atoms with E-state index in [1.807, 2.05) is 6.92 Å². The van der Waals surface area contributed by atoms with Gasteiger partial charge >= 0.3 is 6.18 Å². The van der Waals surface area contributed by atoms with Crippen molar-refractivity contribution in [1.29, 1.82) is 0 Å². The number of nitrogens with zero attached hydrogens (tertiary/aromatic N) is 1. The molecule has 1 saturated heterocycles. The van der Waals surface area contributed by atoms with Crippen LogP contribution in [-0.2, 0) is 4.79 Å². The Morgan fingerprint density at radius 3 is 2.50 bits per heavy atom. The second kappa shape index (κ2) is 5.72. The monoisotopic (exact) mass is 260 g/mol. The summed E-state index contributed by atoms with van der Waals surface area (Å²) in [6.07, 6.45) is -5.77. The van der Waals surface area contributed by atoms with Gasteiger partial charge in [-0.15, -0.1) is 12.4 Å². The maximum absolute atomic E-state index is 12.0. The summed E-state index contributed by atoms with van der Waals surface area (Å²) in [5.41, 5.74) is 0. The molecule has 0 bridgehead atoms. The second-order valence-electron chi connectivity index (χ2n) is 3.86. The predicted molar refractivity (Wildman–Crippen MR) is 56.6 cm³/mol. The normalized spacial score (nSPS) is 26.2. The topological polar surface area (TPSA) is 32.3 Å². The van der Waals surface area contributed by atoms with E-state index in [1.165, 1.54) is 4.90 Å². The molecule has 1 heterocycles. The highest BCUT2D eigenvalue weighted by Crippen LogP contribution is 2.22. The molecule has 2 atom stereocenters. The quantitative estimate of drug-likeness (QED) is 0.776. The van der Waals surface area contributed by atoms with Crippen LogP contribution in [0.15, 0.2) is 0 Å². The van der Waals surface area contributed by atoms with Gasteiger partial charge in [0.15, 0.2) is 0 Å². The fourth-order valence-corrected chi connectivity index (χ4v) is 1.68. The SMILES string of the molecule is CC1NCCN(C(=O)CC(F)(F)F)C1C.Cl. The molecule has 3 nitrogen and oxygen atoms in total. The summed E-state index contributed by atoms with van der Waals surface area (Å²) in [4.78, 5) is 12.6. The number of carbonyl (C=O) groups excluding carboxylic acids is 1. The molecular formula is C9H16ClF3N2O. The molecule has 96 valence electrons. The molecule has 1 fully saturated rings. The summed E-state index contributed by atoms with van der Waals surface area (Å²) < 4.78 is 36.1. The Balaban J connectivity index is 0.00000225. The fourth-order valence-electron chi connectivity index (χ4n) is 1.68. The Kier molecular flexibility index (Phi) is 5.55. The highest BCUT2D eigenvalue weighted by molar-refractivity contribution is 5.85. The number of rotatable bonds is 1. The van der Waals surface area contributed by atoms with Crippen LogP contribution in [0.5, 0.6) is 0 Å². The number of piperazine rings is 1. The maximum Gasteiger partial charge on any atom is 0.397 e. The smallest absolute Gasteiger partial charge is 0.337 e.